The van der Waals surface area contributed by atoms with Crippen molar-refractivity contribution in [1.82, 2.24) is 0 Å². The summed E-state index contributed by atoms with van der Waals surface area (Å²) in [6, 6.07) is 3.92. The van der Waals surface area contributed by atoms with E-state index in [1.54, 1.807) is 6.26 Å². The van der Waals surface area contributed by atoms with Gasteiger partial charge in [0.05, 0.1) is 6.26 Å². The van der Waals surface area contributed by atoms with Crippen molar-refractivity contribution < 1.29 is 23.7 Å². The van der Waals surface area contributed by atoms with Crippen LogP contribution in [0.5, 0.6) is 0 Å². The lowest BCUT2D eigenvalue weighted by Gasteiger charge is -2.60. The molecule has 0 radical (unpaired) electrons. The molecule has 5 aliphatic rings. The van der Waals surface area contributed by atoms with Crippen LogP contribution in [0.4, 0.5) is 0 Å². The highest BCUT2D eigenvalue weighted by atomic mass is 17.3. The van der Waals surface area contributed by atoms with E-state index in [2.05, 4.69) is 13.8 Å². The van der Waals surface area contributed by atoms with Crippen LogP contribution in [0.1, 0.15) is 58.3 Å². The molecule has 0 N–H and O–H groups in total. The highest BCUT2D eigenvalue weighted by Crippen LogP contribution is 2.62. The molecule has 24 heavy (non-hydrogen) atoms. The van der Waals surface area contributed by atoms with E-state index in [0.717, 1.165) is 25.0 Å². The van der Waals surface area contributed by atoms with Gasteiger partial charge in [-0.3, -0.25) is 0 Å². The molecule has 5 heterocycles. The van der Waals surface area contributed by atoms with Gasteiger partial charge in [0.25, 0.3) is 0 Å². The number of rotatable bonds is 1. The summed E-state index contributed by atoms with van der Waals surface area (Å²) in [5, 5.41) is 0. The highest BCUT2D eigenvalue weighted by Gasteiger charge is 2.69. The Hall–Kier alpha value is -0.880. The molecule has 1 aliphatic carbocycles. The van der Waals surface area contributed by atoms with Gasteiger partial charge >= 0.3 is 0 Å². The Bertz CT molecular complexity index is 615. The van der Waals surface area contributed by atoms with Gasteiger partial charge in [0.2, 0.25) is 5.79 Å². The van der Waals surface area contributed by atoms with Gasteiger partial charge < -0.3 is 13.9 Å². The van der Waals surface area contributed by atoms with Gasteiger partial charge in [-0.1, -0.05) is 13.8 Å². The first-order valence-corrected chi connectivity index (χ1v) is 9.27. The lowest BCUT2D eigenvalue weighted by atomic mass is 9.57. The number of fused-ring (bicyclic) bond motifs is 2. The normalized spacial score (nSPS) is 53.5. The van der Waals surface area contributed by atoms with Crippen molar-refractivity contribution >= 4 is 0 Å². The molecule has 8 atom stereocenters. The average Bonchev–Trinajstić information content (AvgIpc) is 2.99. The molecule has 1 saturated carbocycles. The Morgan fingerprint density at radius 1 is 1.08 bits per heavy atom. The lowest BCUT2D eigenvalue weighted by Crippen LogP contribution is -2.69. The molecule has 1 spiro atoms. The summed E-state index contributed by atoms with van der Waals surface area (Å²) < 4.78 is 18.5. The fourth-order valence-electron chi connectivity index (χ4n) is 5.68. The molecule has 0 aromatic carbocycles. The summed E-state index contributed by atoms with van der Waals surface area (Å²) in [6.07, 6.45) is 5.45. The molecule has 1 aromatic rings. The van der Waals surface area contributed by atoms with Crippen LogP contribution in [0.2, 0.25) is 0 Å². The summed E-state index contributed by atoms with van der Waals surface area (Å²) in [7, 11) is 0. The first-order valence-electron chi connectivity index (χ1n) is 9.27. The molecule has 5 fully saturated rings. The maximum Gasteiger partial charge on any atom is 0.201 e. The van der Waals surface area contributed by atoms with Crippen molar-refractivity contribution in [3.8, 4) is 0 Å². The van der Waals surface area contributed by atoms with E-state index >= 15 is 0 Å². The van der Waals surface area contributed by atoms with Gasteiger partial charge in [0, 0.05) is 12.3 Å². The smallest absolute Gasteiger partial charge is 0.201 e. The Kier molecular flexibility index (Phi) is 3.25. The predicted molar refractivity (Wildman–Crippen MR) is 84.5 cm³/mol. The highest BCUT2D eigenvalue weighted by molar-refractivity contribution is 5.14. The number of hydrogen-bond acceptors (Lipinski definition) is 5. The monoisotopic (exact) mass is 334 g/mol. The van der Waals surface area contributed by atoms with Gasteiger partial charge in [-0.2, -0.15) is 0 Å². The van der Waals surface area contributed by atoms with Gasteiger partial charge in [0.15, 0.2) is 11.9 Å². The Labute approximate surface area is 142 Å². The van der Waals surface area contributed by atoms with E-state index in [1.807, 2.05) is 19.1 Å². The molecule has 4 saturated heterocycles. The van der Waals surface area contributed by atoms with E-state index in [4.69, 9.17) is 23.7 Å². The molecule has 5 nitrogen and oxygen atoms in total. The summed E-state index contributed by atoms with van der Waals surface area (Å²) in [6.45, 7) is 6.54. The van der Waals surface area contributed by atoms with Crippen molar-refractivity contribution in [2.24, 2.45) is 23.7 Å². The van der Waals surface area contributed by atoms with Gasteiger partial charge in [0.1, 0.15) is 11.9 Å². The average molecular weight is 334 g/mol. The van der Waals surface area contributed by atoms with Gasteiger partial charge in [-0.05, 0) is 56.1 Å². The second-order valence-electron chi connectivity index (χ2n) is 8.34. The number of furan rings is 1. The van der Waals surface area contributed by atoms with E-state index < -0.39 is 17.7 Å². The van der Waals surface area contributed by atoms with Crippen molar-refractivity contribution in [3.05, 3.63) is 24.2 Å². The van der Waals surface area contributed by atoms with E-state index in [-0.39, 0.29) is 12.0 Å². The van der Waals surface area contributed by atoms with Crippen LogP contribution in [0.15, 0.2) is 22.8 Å². The minimum absolute atomic E-state index is 0.0961. The molecule has 5 heteroatoms. The fourth-order valence-corrected chi connectivity index (χ4v) is 5.68. The Morgan fingerprint density at radius 3 is 2.75 bits per heavy atom. The van der Waals surface area contributed by atoms with Crippen LogP contribution in [-0.4, -0.2) is 17.7 Å². The molecular weight excluding hydrogens is 308 g/mol. The van der Waals surface area contributed by atoms with E-state index in [9.17, 15) is 0 Å². The summed E-state index contributed by atoms with van der Waals surface area (Å²) in [5.74, 6) is 1.79. The number of ether oxygens (including phenoxy) is 2. The van der Waals surface area contributed by atoms with Crippen LogP contribution in [0, 0.1) is 23.7 Å². The molecule has 2 bridgehead atoms. The van der Waals surface area contributed by atoms with Gasteiger partial charge in [-0.25, -0.2) is 9.78 Å². The Balaban J connectivity index is 1.60. The molecule has 4 aliphatic heterocycles. The van der Waals surface area contributed by atoms with E-state index in [0.29, 0.717) is 17.8 Å². The van der Waals surface area contributed by atoms with Crippen LogP contribution in [0.25, 0.3) is 0 Å². The second kappa shape index (κ2) is 5.07. The third-order valence-electron chi connectivity index (χ3n) is 6.98. The SMILES string of the molecule is C[C@@H]1CC[C@H]2[C@@H](C)C(c3ccco3)O[C@@H]3O[C@]4(C)CC[C@@H]1[C@]32OO4. The van der Waals surface area contributed by atoms with Crippen LogP contribution in [0.3, 0.4) is 0 Å². The zero-order valence-electron chi connectivity index (χ0n) is 14.6. The summed E-state index contributed by atoms with van der Waals surface area (Å²) >= 11 is 0. The minimum atomic E-state index is -0.716. The van der Waals surface area contributed by atoms with Crippen molar-refractivity contribution in [1.29, 1.82) is 0 Å². The summed E-state index contributed by atoms with van der Waals surface area (Å²) in [5.41, 5.74) is -0.490. The van der Waals surface area contributed by atoms with Crippen molar-refractivity contribution in [2.75, 3.05) is 0 Å². The third kappa shape index (κ3) is 1.90. The molecule has 132 valence electrons. The van der Waals surface area contributed by atoms with Gasteiger partial charge in [-0.15, -0.1) is 0 Å². The summed E-state index contributed by atoms with van der Waals surface area (Å²) in [4.78, 5) is 12.0. The second-order valence-corrected chi connectivity index (χ2v) is 8.34. The maximum atomic E-state index is 6.48. The molecule has 6 rings (SSSR count). The zero-order chi connectivity index (χ0) is 16.5. The number of hydrogen-bond donors (Lipinski definition) is 0. The third-order valence-corrected chi connectivity index (χ3v) is 6.98. The molecule has 1 unspecified atom stereocenters. The standard InChI is InChI=1S/C19H26O5/c1-11-6-7-14-12(2)16(15-5-4-10-20-15)21-17-19(14)13(11)8-9-18(3,22-17)23-24-19/h4-5,10-14,16-17H,6-9H2,1-3H3/t11-,12-,13+,14+,16?,17-,18+,19-/m1/s1. The maximum absolute atomic E-state index is 6.48. The molecule has 0 amide bonds. The van der Waals surface area contributed by atoms with E-state index in [1.165, 1.54) is 6.42 Å². The quantitative estimate of drug-likeness (QED) is 0.720. The van der Waals surface area contributed by atoms with Crippen molar-refractivity contribution in [2.45, 2.75) is 70.2 Å². The minimum Gasteiger partial charge on any atom is -0.467 e. The first kappa shape index (κ1) is 15.4. The molecule has 1 aromatic heterocycles. The zero-order valence-corrected chi connectivity index (χ0v) is 14.6. The Morgan fingerprint density at radius 2 is 1.96 bits per heavy atom. The van der Waals surface area contributed by atoms with Crippen LogP contribution >= 0.6 is 0 Å². The first-order chi connectivity index (χ1) is 11.5. The topological polar surface area (TPSA) is 50.1 Å². The predicted octanol–water partition coefficient (Wildman–Crippen LogP) is 4.20. The molecular formula is C19H26O5. The van der Waals surface area contributed by atoms with Crippen LogP contribution < -0.4 is 0 Å². The fraction of sp³-hybridized carbons (Fsp3) is 0.789. The van der Waals surface area contributed by atoms with Crippen LogP contribution in [-0.2, 0) is 19.2 Å². The van der Waals surface area contributed by atoms with Crippen molar-refractivity contribution in [3.63, 3.8) is 0 Å². The largest absolute Gasteiger partial charge is 0.467 e. The lowest BCUT2D eigenvalue weighted by molar-refractivity contribution is -0.572.